The highest BCUT2D eigenvalue weighted by Gasteiger charge is 2.05. The lowest BCUT2D eigenvalue weighted by Gasteiger charge is -2.14. The Labute approximate surface area is 163 Å². The fraction of sp³-hybridized carbons (Fsp3) is 0.143. The lowest BCUT2D eigenvalue weighted by atomic mass is 10.2. The van der Waals surface area contributed by atoms with Crippen LogP contribution in [0.4, 0.5) is 11.4 Å². The van der Waals surface area contributed by atoms with E-state index in [0.29, 0.717) is 29.7 Å². The van der Waals surface area contributed by atoms with E-state index in [9.17, 15) is 0 Å². The van der Waals surface area contributed by atoms with Gasteiger partial charge in [0.1, 0.15) is 12.4 Å². The molecule has 0 aromatic heterocycles. The van der Waals surface area contributed by atoms with Crippen LogP contribution in [0.15, 0.2) is 72.8 Å². The number of rotatable bonds is 8. The molecular formula is C21H20Cl2N2O. The van der Waals surface area contributed by atoms with Crippen molar-refractivity contribution in [3.63, 3.8) is 0 Å². The summed E-state index contributed by atoms with van der Waals surface area (Å²) in [5.74, 6) is 0.831. The van der Waals surface area contributed by atoms with Crippen molar-refractivity contribution < 1.29 is 4.74 Å². The lowest BCUT2D eigenvalue weighted by molar-refractivity contribution is 0.307. The second-order valence-electron chi connectivity index (χ2n) is 5.73. The van der Waals surface area contributed by atoms with Gasteiger partial charge in [-0.1, -0.05) is 71.7 Å². The third kappa shape index (κ3) is 5.07. The van der Waals surface area contributed by atoms with Crippen molar-refractivity contribution in [2.75, 3.05) is 23.7 Å². The molecule has 0 saturated carbocycles. The summed E-state index contributed by atoms with van der Waals surface area (Å²) in [6.45, 7) is 1.96. The van der Waals surface area contributed by atoms with Gasteiger partial charge in [-0.2, -0.15) is 0 Å². The average molecular weight is 387 g/mol. The van der Waals surface area contributed by atoms with Gasteiger partial charge in [0.15, 0.2) is 0 Å². The molecule has 0 saturated heterocycles. The summed E-state index contributed by atoms with van der Waals surface area (Å²) in [4.78, 5) is 0. The molecule has 3 nitrogen and oxygen atoms in total. The molecule has 0 atom stereocenters. The number of ether oxygens (including phenoxy) is 1. The molecule has 0 heterocycles. The van der Waals surface area contributed by atoms with Crippen LogP contribution >= 0.6 is 23.2 Å². The summed E-state index contributed by atoms with van der Waals surface area (Å²) in [6.07, 6.45) is 0. The van der Waals surface area contributed by atoms with E-state index >= 15 is 0 Å². The van der Waals surface area contributed by atoms with Gasteiger partial charge < -0.3 is 15.4 Å². The van der Waals surface area contributed by atoms with Gasteiger partial charge in [0.05, 0.1) is 21.4 Å². The summed E-state index contributed by atoms with van der Waals surface area (Å²) >= 11 is 12.2. The Morgan fingerprint density at radius 2 is 1.35 bits per heavy atom. The van der Waals surface area contributed by atoms with Crippen LogP contribution in [0.2, 0.25) is 10.0 Å². The molecule has 3 aromatic carbocycles. The number of hydrogen-bond acceptors (Lipinski definition) is 3. The maximum absolute atomic E-state index is 6.18. The first-order chi connectivity index (χ1) is 12.7. The second-order valence-corrected chi connectivity index (χ2v) is 6.51. The molecule has 0 aliphatic rings. The summed E-state index contributed by atoms with van der Waals surface area (Å²) < 4.78 is 5.95. The van der Waals surface area contributed by atoms with Crippen molar-refractivity contribution in [3.05, 3.63) is 88.4 Å². The van der Waals surface area contributed by atoms with E-state index in [0.717, 1.165) is 22.7 Å². The predicted octanol–water partition coefficient (Wildman–Crippen LogP) is 6.10. The highest BCUT2D eigenvalue weighted by molar-refractivity contribution is 6.43. The summed E-state index contributed by atoms with van der Waals surface area (Å²) in [5.41, 5.74) is 2.93. The first-order valence-electron chi connectivity index (χ1n) is 8.41. The van der Waals surface area contributed by atoms with E-state index < -0.39 is 0 Å². The lowest BCUT2D eigenvalue weighted by Crippen LogP contribution is -2.14. The van der Waals surface area contributed by atoms with Crippen LogP contribution in [0.1, 0.15) is 5.56 Å². The quantitative estimate of drug-likeness (QED) is 0.459. The number of halogens is 2. The molecule has 0 unspecified atom stereocenters. The minimum absolute atomic E-state index is 0.538. The number of anilines is 2. The van der Waals surface area contributed by atoms with Crippen molar-refractivity contribution in [2.45, 2.75) is 6.61 Å². The second kappa shape index (κ2) is 9.37. The Hall–Kier alpha value is -2.36. The van der Waals surface area contributed by atoms with E-state index in [-0.39, 0.29) is 0 Å². The first kappa shape index (κ1) is 18.4. The Morgan fingerprint density at radius 1 is 0.692 bits per heavy atom. The van der Waals surface area contributed by atoms with Crippen LogP contribution in [-0.2, 0) is 6.61 Å². The predicted molar refractivity (Wildman–Crippen MR) is 111 cm³/mol. The molecule has 5 heteroatoms. The highest BCUT2D eigenvalue weighted by Crippen LogP contribution is 2.29. The van der Waals surface area contributed by atoms with E-state index in [1.54, 1.807) is 6.07 Å². The van der Waals surface area contributed by atoms with E-state index in [1.807, 2.05) is 54.6 Å². The standard InChI is InChI=1S/C21H20Cl2N2O/c22-17-9-6-11-19(21(17)23)25-14-13-24-18-10-4-5-12-20(18)26-15-16-7-2-1-3-8-16/h1-12,24-25H,13-15H2. The number of benzene rings is 3. The summed E-state index contributed by atoms with van der Waals surface area (Å²) in [6, 6.07) is 23.6. The van der Waals surface area contributed by atoms with E-state index in [4.69, 9.17) is 27.9 Å². The number of para-hydroxylation sites is 2. The fourth-order valence-corrected chi connectivity index (χ4v) is 2.88. The maximum Gasteiger partial charge on any atom is 0.142 e. The van der Waals surface area contributed by atoms with Gasteiger partial charge in [-0.3, -0.25) is 0 Å². The van der Waals surface area contributed by atoms with Gasteiger partial charge in [0, 0.05) is 13.1 Å². The van der Waals surface area contributed by atoms with Crippen molar-refractivity contribution >= 4 is 34.6 Å². The van der Waals surface area contributed by atoms with Gasteiger partial charge in [0.2, 0.25) is 0 Å². The third-order valence-corrected chi connectivity index (χ3v) is 4.65. The minimum atomic E-state index is 0.538. The zero-order valence-corrected chi connectivity index (χ0v) is 15.7. The number of hydrogen-bond donors (Lipinski definition) is 2. The van der Waals surface area contributed by atoms with Crippen LogP contribution < -0.4 is 15.4 Å². The van der Waals surface area contributed by atoms with Crippen molar-refractivity contribution in [3.8, 4) is 5.75 Å². The maximum atomic E-state index is 6.18. The molecule has 26 heavy (non-hydrogen) atoms. The Kier molecular flexibility index (Phi) is 6.64. The topological polar surface area (TPSA) is 33.3 Å². The Morgan fingerprint density at radius 3 is 2.15 bits per heavy atom. The van der Waals surface area contributed by atoms with Crippen LogP contribution in [0.3, 0.4) is 0 Å². The molecule has 3 aromatic rings. The fourth-order valence-electron chi connectivity index (χ4n) is 2.51. The Bertz CT molecular complexity index is 840. The molecule has 0 aliphatic carbocycles. The third-order valence-electron chi connectivity index (χ3n) is 3.83. The molecule has 0 spiro atoms. The van der Waals surface area contributed by atoms with E-state index in [1.165, 1.54) is 0 Å². The molecule has 0 aliphatic heterocycles. The molecule has 3 rings (SSSR count). The molecule has 0 bridgehead atoms. The monoisotopic (exact) mass is 386 g/mol. The Balaban J connectivity index is 1.52. The van der Waals surface area contributed by atoms with Gasteiger partial charge in [-0.15, -0.1) is 0 Å². The smallest absolute Gasteiger partial charge is 0.142 e. The summed E-state index contributed by atoms with van der Waals surface area (Å²) in [5, 5.41) is 7.76. The number of nitrogens with one attached hydrogen (secondary N) is 2. The molecule has 2 N–H and O–H groups in total. The van der Waals surface area contributed by atoms with E-state index in [2.05, 4.69) is 22.8 Å². The van der Waals surface area contributed by atoms with Crippen molar-refractivity contribution in [2.24, 2.45) is 0 Å². The molecule has 0 radical (unpaired) electrons. The highest BCUT2D eigenvalue weighted by atomic mass is 35.5. The van der Waals surface area contributed by atoms with Crippen LogP contribution in [0.25, 0.3) is 0 Å². The van der Waals surface area contributed by atoms with Crippen LogP contribution in [0.5, 0.6) is 5.75 Å². The molecule has 0 fully saturated rings. The van der Waals surface area contributed by atoms with Gasteiger partial charge in [-0.05, 0) is 29.8 Å². The van der Waals surface area contributed by atoms with Gasteiger partial charge in [0.25, 0.3) is 0 Å². The zero-order valence-electron chi connectivity index (χ0n) is 14.2. The minimum Gasteiger partial charge on any atom is -0.487 e. The van der Waals surface area contributed by atoms with Gasteiger partial charge in [-0.25, -0.2) is 0 Å². The van der Waals surface area contributed by atoms with Gasteiger partial charge >= 0.3 is 0 Å². The van der Waals surface area contributed by atoms with Crippen LogP contribution in [-0.4, -0.2) is 13.1 Å². The summed E-state index contributed by atoms with van der Waals surface area (Å²) in [7, 11) is 0. The van der Waals surface area contributed by atoms with Crippen molar-refractivity contribution in [1.29, 1.82) is 0 Å². The van der Waals surface area contributed by atoms with Crippen molar-refractivity contribution in [1.82, 2.24) is 0 Å². The zero-order chi connectivity index (χ0) is 18.2. The normalized spacial score (nSPS) is 10.4. The molecular weight excluding hydrogens is 367 g/mol. The largest absolute Gasteiger partial charge is 0.487 e. The average Bonchev–Trinajstić information content (AvgIpc) is 2.68. The molecule has 134 valence electrons. The molecule has 0 amide bonds. The first-order valence-corrected chi connectivity index (χ1v) is 9.17. The SMILES string of the molecule is Clc1cccc(NCCNc2ccccc2OCc2ccccc2)c1Cl. The van der Waals surface area contributed by atoms with Crippen LogP contribution in [0, 0.1) is 0 Å².